The van der Waals surface area contributed by atoms with Crippen molar-refractivity contribution in [1.29, 1.82) is 0 Å². The maximum Gasteiger partial charge on any atom is 0.251 e. The summed E-state index contributed by atoms with van der Waals surface area (Å²) in [6.45, 7) is 6.46. The second-order valence-electron chi connectivity index (χ2n) is 8.51. The van der Waals surface area contributed by atoms with Crippen LogP contribution in [0.1, 0.15) is 17.3 Å². The van der Waals surface area contributed by atoms with Gasteiger partial charge in [-0.3, -0.25) is 14.5 Å². The quantitative estimate of drug-likeness (QED) is 0.384. The lowest BCUT2D eigenvalue weighted by atomic mass is 10.2. The smallest absolute Gasteiger partial charge is 0.251 e. The highest BCUT2D eigenvalue weighted by molar-refractivity contribution is 7.99. The zero-order chi connectivity index (χ0) is 25.5. The number of hydrogen-bond donors (Lipinski definition) is 2. The predicted molar refractivity (Wildman–Crippen MR) is 149 cm³/mol. The highest BCUT2D eigenvalue weighted by Gasteiger charge is 2.18. The first-order chi connectivity index (χ1) is 17.4. The Kier molecular flexibility index (Phi) is 9.15. The SMILES string of the molecule is CC(=O)Nc1cc(C(=O)NCCN2CCN(c3cccc(Cl)c3)CC2)ccc1Sc1ccc(Cl)cc1. The number of carbonyl (C=O) groups excluding carboxylic acids is 2. The molecule has 1 aliphatic rings. The van der Waals surface area contributed by atoms with Gasteiger partial charge in [-0.05, 0) is 60.7 Å². The standard InChI is InChI=1S/C27H28Cl2N4O2S/c1-19(34)31-25-17-20(5-10-26(25)36-24-8-6-21(28)7-9-24)27(35)30-11-12-32-13-15-33(16-14-32)23-4-2-3-22(29)18-23/h2-10,17-18H,11-16H2,1H3,(H,30,35)(H,31,34). The second kappa shape index (κ2) is 12.5. The number of nitrogens with zero attached hydrogens (tertiary/aromatic N) is 2. The lowest BCUT2D eigenvalue weighted by Crippen LogP contribution is -2.48. The van der Waals surface area contributed by atoms with Crippen LogP contribution in [-0.2, 0) is 4.79 Å². The summed E-state index contributed by atoms with van der Waals surface area (Å²) in [4.78, 5) is 31.1. The molecule has 3 aromatic carbocycles. The van der Waals surface area contributed by atoms with Crippen LogP contribution in [0.2, 0.25) is 10.0 Å². The van der Waals surface area contributed by atoms with Crippen LogP contribution in [-0.4, -0.2) is 56.0 Å². The summed E-state index contributed by atoms with van der Waals surface area (Å²) in [6, 6.07) is 20.8. The fraction of sp³-hybridized carbons (Fsp3) is 0.259. The maximum atomic E-state index is 12.8. The molecule has 0 unspecified atom stereocenters. The lowest BCUT2D eigenvalue weighted by Gasteiger charge is -2.36. The number of halogens is 2. The van der Waals surface area contributed by atoms with Gasteiger partial charge in [0.2, 0.25) is 5.91 Å². The summed E-state index contributed by atoms with van der Waals surface area (Å²) in [5, 5.41) is 7.26. The summed E-state index contributed by atoms with van der Waals surface area (Å²) in [7, 11) is 0. The Hall–Kier alpha value is -2.71. The first kappa shape index (κ1) is 26.4. The summed E-state index contributed by atoms with van der Waals surface area (Å²) < 4.78 is 0. The van der Waals surface area contributed by atoms with E-state index in [2.05, 4.69) is 26.5 Å². The molecule has 3 aromatic rings. The molecule has 0 aromatic heterocycles. The number of benzene rings is 3. The Bertz CT molecular complexity index is 1210. The minimum absolute atomic E-state index is 0.165. The van der Waals surface area contributed by atoms with E-state index in [0.717, 1.165) is 53.2 Å². The predicted octanol–water partition coefficient (Wildman–Crippen LogP) is 5.66. The molecule has 1 saturated heterocycles. The summed E-state index contributed by atoms with van der Waals surface area (Å²) in [5.74, 6) is -0.357. The minimum Gasteiger partial charge on any atom is -0.369 e. The molecule has 0 atom stereocenters. The first-order valence-corrected chi connectivity index (χ1v) is 13.3. The average molecular weight is 544 g/mol. The number of anilines is 2. The highest BCUT2D eigenvalue weighted by atomic mass is 35.5. The van der Waals surface area contributed by atoms with Crippen LogP contribution in [0.25, 0.3) is 0 Å². The molecule has 2 amide bonds. The maximum absolute atomic E-state index is 12.8. The van der Waals surface area contributed by atoms with E-state index in [1.54, 1.807) is 12.1 Å². The van der Waals surface area contributed by atoms with Crippen molar-refractivity contribution in [2.45, 2.75) is 16.7 Å². The fourth-order valence-electron chi connectivity index (χ4n) is 4.01. The lowest BCUT2D eigenvalue weighted by molar-refractivity contribution is -0.114. The van der Waals surface area contributed by atoms with Gasteiger partial charge in [0.05, 0.1) is 5.69 Å². The van der Waals surface area contributed by atoms with Gasteiger partial charge >= 0.3 is 0 Å². The minimum atomic E-state index is -0.192. The van der Waals surface area contributed by atoms with Gasteiger partial charge in [-0.1, -0.05) is 41.0 Å². The normalized spacial score (nSPS) is 13.9. The molecule has 1 fully saturated rings. The number of piperazine rings is 1. The summed E-state index contributed by atoms with van der Waals surface area (Å²) >= 11 is 13.6. The van der Waals surface area contributed by atoms with E-state index >= 15 is 0 Å². The van der Waals surface area contributed by atoms with Gasteiger partial charge in [0.1, 0.15) is 0 Å². The van der Waals surface area contributed by atoms with Crippen molar-refractivity contribution in [2.75, 3.05) is 49.5 Å². The third-order valence-corrected chi connectivity index (χ3v) is 7.42. The Labute approximate surface area is 225 Å². The molecule has 1 heterocycles. The number of nitrogens with one attached hydrogen (secondary N) is 2. The van der Waals surface area contributed by atoms with Crippen LogP contribution in [0.5, 0.6) is 0 Å². The molecule has 36 heavy (non-hydrogen) atoms. The molecule has 0 saturated carbocycles. The van der Waals surface area contributed by atoms with E-state index < -0.39 is 0 Å². The van der Waals surface area contributed by atoms with E-state index in [9.17, 15) is 9.59 Å². The molecular formula is C27H28Cl2N4O2S. The molecule has 188 valence electrons. The van der Waals surface area contributed by atoms with E-state index in [0.29, 0.717) is 22.8 Å². The monoisotopic (exact) mass is 542 g/mol. The molecule has 9 heteroatoms. The topological polar surface area (TPSA) is 64.7 Å². The summed E-state index contributed by atoms with van der Waals surface area (Å²) in [5.41, 5.74) is 2.25. The van der Waals surface area contributed by atoms with Crippen molar-refractivity contribution < 1.29 is 9.59 Å². The van der Waals surface area contributed by atoms with Gasteiger partial charge in [-0.15, -0.1) is 0 Å². The molecule has 2 N–H and O–H groups in total. The van der Waals surface area contributed by atoms with Crippen LogP contribution in [0, 0.1) is 0 Å². The number of carbonyl (C=O) groups is 2. The van der Waals surface area contributed by atoms with Gasteiger partial charge < -0.3 is 15.5 Å². The Morgan fingerprint density at radius 3 is 2.36 bits per heavy atom. The number of rotatable bonds is 8. The zero-order valence-electron chi connectivity index (χ0n) is 20.0. The highest BCUT2D eigenvalue weighted by Crippen LogP contribution is 2.34. The number of hydrogen-bond acceptors (Lipinski definition) is 5. The average Bonchev–Trinajstić information content (AvgIpc) is 2.86. The van der Waals surface area contributed by atoms with E-state index in [1.807, 2.05) is 48.5 Å². The molecule has 0 aliphatic carbocycles. The molecule has 0 bridgehead atoms. The van der Waals surface area contributed by atoms with Crippen LogP contribution in [0.4, 0.5) is 11.4 Å². The third-order valence-electron chi connectivity index (χ3n) is 5.85. The molecule has 0 spiro atoms. The van der Waals surface area contributed by atoms with Gasteiger partial charge in [-0.25, -0.2) is 0 Å². The van der Waals surface area contributed by atoms with Crippen molar-refractivity contribution in [3.05, 3.63) is 82.3 Å². The van der Waals surface area contributed by atoms with E-state index in [-0.39, 0.29) is 11.8 Å². The van der Waals surface area contributed by atoms with E-state index in [1.165, 1.54) is 18.7 Å². The van der Waals surface area contributed by atoms with Crippen molar-refractivity contribution in [3.8, 4) is 0 Å². The fourth-order valence-corrected chi connectivity index (χ4v) is 5.20. The Balaban J connectivity index is 1.30. The van der Waals surface area contributed by atoms with Crippen molar-refractivity contribution in [3.63, 3.8) is 0 Å². The third kappa shape index (κ3) is 7.40. The Morgan fingerprint density at radius 2 is 1.67 bits per heavy atom. The molecule has 1 aliphatic heterocycles. The zero-order valence-corrected chi connectivity index (χ0v) is 22.3. The summed E-state index contributed by atoms with van der Waals surface area (Å²) in [6.07, 6.45) is 0. The molecule has 6 nitrogen and oxygen atoms in total. The van der Waals surface area contributed by atoms with Crippen LogP contribution in [0.3, 0.4) is 0 Å². The van der Waals surface area contributed by atoms with Gasteiger partial charge in [0.25, 0.3) is 5.91 Å². The second-order valence-corrected chi connectivity index (χ2v) is 10.5. The van der Waals surface area contributed by atoms with Crippen LogP contribution in [0.15, 0.2) is 76.5 Å². The van der Waals surface area contributed by atoms with Crippen LogP contribution < -0.4 is 15.5 Å². The van der Waals surface area contributed by atoms with Crippen molar-refractivity contribution in [1.82, 2.24) is 10.2 Å². The van der Waals surface area contributed by atoms with Crippen molar-refractivity contribution in [2.24, 2.45) is 0 Å². The van der Waals surface area contributed by atoms with Gasteiger partial charge in [0.15, 0.2) is 0 Å². The molecule has 0 radical (unpaired) electrons. The molecule has 4 rings (SSSR count). The van der Waals surface area contributed by atoms with Crippen molar-refractivity contribution >= 4 is 58.2 Å². The van der Waals surface area contributed by atoms with Gasteiger partial charge in [0, 0.05) is 77.3 Å². The largest absolute Gasteiger partial charge is 0.369 e. The first-order valence-electron chi connectivity index (χ1n) is 11.7. The van der Waals surface area contributed by atoms with E-state index in [4.69, 9.17) is 23.2 Å². The van der Waals surface area contributed by atoms with Crippen LogP contribution >= 0.6 is 35.0 Å². The Morgan fingerprint density at radius 1 is 0.917 bits per heavy atom. The number of amides is 2. The van der Waals surface area contributed by atoms with Gasteiger partial charge in [-0.2, -0.15) is 0 Å². The molecular weight excluding hydrogens is 515 g/mol.